The van der Waals surface area contributed by atoms with Crippen LogP contribution in [0.15, 0.2) is 35.5 Å². The normalized spacial score (nSPS) is 11.4. The lowest BCUT2D eigenvalue weighted by Gasteiger charge is -2.02. The molecule has 28 heavy (non-hydrogen) atoms. The van der Waals surface area contributed by atoms with E-state index in [1.807, 2.05) is 30.3 Å². The maximum Gasteiger partial charge on any atom is 0.263 e. The van der Waals surface area contributed by atoms with Crippen LogP contribution in [0.3, 0.4) is 0 Å². The fourth-order valence-corrected chi connectivity index (χ4v) is 4.60. The first-order chi connectivity index (χ1) is 13.3. The predicted molar refractivity (Wildman–Crippen MR) is 110 cm³/mol. The van der Waals surface area contributed by atoms with Crippen LogP contribution in [0.2, 0.25) is 0 Å². The van der Waals surface area contributed by atoms with Gasteiger partial charge in [0.05, 0.1) is 11.9 Å². The summed E-state index contributed by atoms with van der Waals surface area (Å²) >= 11 is 2.42. The summed E-state index contributed by atoms with van der Waals surface area (Å²) in [5.41, 5.74) is 1.43. The number of hydrogen-bond acceptors (Lipinski definition) is 8. The maximum absolute atomic E-state index is 12.3. The lowest BCUT2D eigenvalue weighted by Crippen LogP contribution is -2.25. The molecule has 1 aromatic carbocycles. The van der Waals surface area contributed by atoms with Crippen LogP contribution in [0.25, 0.3) is 11.4 Å². The molecule has 2 aromatic heterocycles. The highest BCUT2D eigenvalue weighted by Gasteiger charge is 2.16. The van der Waals surface area contributed by atoms with E-state index in [-0.39, 0.29) is 11.0 Å². The second kappa shape index (κ2) is 8.71. The maximum atomic E-state index is 12.3. The van der Waals surface area contributed by atoms with E-state index < -0.39 is 10.0 Å². The minimum Gasteiger partial charge on any atom is -0.350 e. The summed E-state index contributed by atoms with van der Waals surface area (Å²) in [6.07, 6.45) is 1.03. The van der Waals surface area contributed by atoms with Crippen molar-refractivity contribution < 1.29 is 13.2 Å². The van der Waals surface area contributed by atoms with Crippen LogP contribution in [0.4, 0.5) is 5.13 Å². The highest BCUT2D eigenvalue weighted by molar-refractivity contribution is 7.99. The molecule has 0 saturated heterocycles. The van der Waals surface area contributed by atoms with Gasteiger partial charge in [0, 0.05) is 17.9 Å². The van der Waals surface area contributed by atoms with E-state index in [2.05, 4.69) is 30.2 Å². The fraction of sp³-hybridized carbons (Fsp3) is 0.250. The highest BCUT2D eigenvalue weighted by Crippen LogP contribution is 2.23. The number of nitrogens with zero attached hydrogens (tertiary/aromatic N) is 3. The molecule has 2 heterocycles. The minimum atomic E-state index is -3.43. The Bertz CT molecular complexity index is 1060. The van der Waals surface area contributed by atoms with Gasteiger partial charge in [0.2, 0.25) is 15.2 Å². The molecule has 3 aromatic rings. The summed E-state index contributed by atoms with van der Waals surface area (Å²) in [5, 5.41) is 10.6. The van der Waals surface area contributed by atoms with Gasteiger partial charge in [0.1, 0.15) is 4.88 Å². The number of aromatic nitrogens is 4. The monoisotopic (exact) mass is 438 g/mol. The van der Waals surface area contributed by atoms with Crippen molar-refractivity contribution in [1.82, 2.24) is 25.5 Å². The number of benzene rings is 1. The number of thioether (sulfide) groups is 1. The summed E-state index contributed by atoms with van der Waals surface area (Å²) in [5.74, 6) is 0.986. The molecule has 0 atom stereocenters. The van der Waals surface area contributed by atoms with Gasteiger partial charge >= 0.3 is 0 Å². The average Bonchev–Trinajstić information content (AvgIpc) is 3.24. The number of aryl methyl sites for hydroxylation is 1. The number of sulfonamides is 1. The Labute approximate surface area is 170 Å². The van der Waals surface area contributed by atoms with Gasteiger partial charge in [0.25, 0.3) is 5.91 Å². The number of aromatic amines is 1. The lowest BCUT2D eigenvalue weighted by atomic mass is 10.2. The van der Waals surface area contributed by atoms with E-state index in [9.17, 15) is 13.2 Å². The summed E-state index contributed by atoms with van der Waals surface area (Å²) in [6, 6.07) is 9.68. The number of carbonyl (C=O) groups excluding carboxylic acids is 1. The Hall–Kier alpha value is -2.44. The standard InChI is InChI=1S/C16H18N6O3S3/c1-10-12(27-16(18-10)22-28(2,24)25)14(23)17-8-9-26-15-19-13(20-21-15)11-6-4-3-5-7-11/h3-7H,8-9H2,1-2H3,(H,17,23)(H,18,22)(H,19,20,21). The third-order valence-electron chi connectivity index (χ3n) is 3.41. The van der Waals surface area contributed by atoms with Crippen molar-refractivity contribution in [2.45, 2.75) is 12.1 Å². The molecule has 0 spiro atoms. The second-order valence-corrected chi connectivity index (χ2v) is 9.55. The van der Waals surface area contributed by atoms with E-state index >= 15 is 0 Å². The molecule has 0 bridgehead atoms. The Kier molecular flexibility index (Phi) is 6.31. The Balaban J connectivity index is 1.49. The predicted octanol–water partition coefficient (Wildman–Crippen LogP) is 2.13. The first kappa shape index (κ1) is 20.3. The smallest absolute Gasteiger partial charge is 0.263 e. The summed E-state index contributed by atoms with van der Waals surface area (Å²) < 4.78 is 24.8. The van der Waals surface area contributed by atoms with E-state index in [1.165, 1.54) is 11.8 Å². The van der Waals surface area contributed by atoms with Gasteiger partial charge in [0.15, 0.2) is 11.0 Å². The van der Waals surface area contributed by atoms with Gasteiger partial charge in [-0.1, -0.05) is 53.4 Å². The fourth-order valence-electron chi connectivity index (χ4n) is 2.23. The Morgan fingerprint density at radius 1 is 1.25 bits per heavy atom. The lowest BCUT2D eigenvalue weighted by molar-refractivity contribution is 0.0959. The molecule has 0 radical (unpaired) electrons. The number of amides is 1. The Morgan fingerprint density at radius 2 is 2.00 bits per heavy atom. The van der Waals surface area contributed by atoms with Gasteiger partial charge in [-0.15, -0.1) is 5.10 Å². The second-order valence-electron chi connectivity index (χ2n) is 5.74. The van der Waals surface area contributed by atoms with Gasteiger partial charge in [-0.25, -0.2) is 18.4 Å². The van der Waals surface area contributed by atoms with Crippen LogP contribution in [-0.2, 0) is 10.0 Å². The zero-order valence-corrected chi connectivity index (χ0v) is 17.5. The average molecular weight is 439 g/mol. The molecule has 0 unspecified atom stereocenters. The first-order valence-corrected chi connectivity index (χ1v) is 11.9. The van der Waals surface area contributed by atoms with Crippen LogP contribution >= 0.6 is 23.1 Å². The number of anilines is 1. The van der Waals surface area contributed by atoms with E-state index in [4.69, 9.17) is 0 Å². The SMILES string of the molecule is Cc1nc(NS(C)(=O)=O)sc1C(=O)NCCSc1n[nH]c(-c2ccccc2)n1. The molecule has 3 rings (SSSR count). The quantitative estimate of drug-likeness (QED) is 0.363. The number of H-pyrrole nitrogens is 1. The van der Waals surface area contributed by atoms with Crippen molar-refractivity contribution in [1.29, 1.82) is 0 Å². The zero-order chi connectivity index (χ0) is 20.1. The van der Waals surface area contributed by atoms with Gasteiger partial charge < -0.3 is 5.32 Å². The van der Waals surface area contributed by atoms with Crippen molar-refractivity contribution in [2.24, 2.45) is 0 Å². The molecule has 0 saturated carbocycles. The van der Waals surface area contributed by atoms with Crippen molar-refractivity contribution in [2.75, 3.05) is 23.3 Å². The molecule has 3 N–H and O–H groups in total. The molecular formula is C16H18N6O3S3. The van der Waals surface area contributed by atoms with E-state index in [0.29, 0.717) is 33.8 Å². The third kappa shape index (κ3) is 5.53. The first-order valence-electron chi connectivity index (χ1n) is 8.16. The van der Waals surface area contributed by atoms with E-state index in [1.54, 1.807) is 6.92 Å². The van der Waals surface area contributed by atoms with Crippen molar-refractivity contribution in [3.8, 4) is 11.4 Å². The summed E-state index contributed by atoms with van der Waals surface area (Å²) in [4.78, 5) is 21.1. The van der Waals surface area contributed by atoms with Crippen LogP contribution < -0.4 is 10.0 Å². The van der Waals surface area contributed by atoms with E-state index in [0.717, 1.165) is 23.2 Å². The number of thiazole rings is 1. The topological polar surface area (TPSA) is 130 Å². The minimum absolute atomic E-state index is 0.175. The van der Waals surface area contributed by atoms with Crippen molar-refractivity contribution in [3.05, 3.63) is 40.9 Å². The molecule has 12 heteroatoms. The van der Waals surface area contributed by atoms with Gasteiger partial charge in [-0.2, -0.15) is 0 Å². The van der Waals surface area contributed by atoms with Crippen LogP contribution in [0.1, 0.15) is 15.4 Å². The molecule has 0 aliphatic rings. The van der Waals surface area contributed by atoms with Crippen molar-refractivity contribution >= 4 is 44.2 Å². The molecule has 0 fully saturated rings. The highest BCUT2D eigenvalue weighted by atomic mass is 32.2. The number of rotatable bonds is 8. The van der Waals surface area contributed by atoms with Crippen LogP contribution in [0, 0.1) is 6.92 Å². The number of carbonyl (C=O) groups is 1. The largest absolute Gasteiger partial charge is 0.350 e. The van der Waals surface area contributed by atoms with Gasteiger partial charge in [-0.3, -0.25) is 14.6 Å². The van der Waals surface area contributed by atoms with Crippen LogP contribution in [-0.4, -0.2) is 53.0 Å². The van der Waals surface area contributed by atoms with Crippen LogP contribution in [0.5, 0.6) is 0 Å². The Morgan fingerprint density at radius 3 is 2.71 bits per heavy atom. The zero-order valence-electron chi connectivity index (χ0n) is 15.1. The molecular weight excluding hydrogens is 420 g/mol. The molecule has 0 aliphatic heterocycles. The third-order valence-corrected chi connectivity index (χ3v) is 6.02. The molecule has 148 valence electrons. The summed E-state index contributed by atoms with van der Waals surface area (Å²) in [7, 11) is -3.43. The molecule has 0 aliphatic carbocycles. The van der Waals surface area contributed by atoms with Crippen molar-refractivity contribution in [3.63, 3.8) is 0 Å². The number of nitrogens with one attached hydrogen (secondary N) is 3. The number of hydrogen-bond donors (Lipinski definition) is 3. The van der Waals surface area contributed by atoms with Gasteiger partial charge in [-0.05, 0) is 6.92 Å². The summed E-state index contributed by atoms with van der Waals surface area (Å²) in [6.45, 7) is 2.07. The molecule has 1 amide bonds. The molecule has 9 nitrogen and oxygen atoms in total.